The van der Waals surface area contributed by atoms with E-state index in [9.17, 15) is 0 Å². The number of benzene rings is 2. The molecule has 0 aliphatic carbocycles. The summed E-state index contributed by atoms with van der Waals surface area (Å²) in [6.07, 6.45) is 1.95. The third-order valence-corrected chi connectivity index (χ3v) is 4.50. The number of rotatable bonds is 1. The van der Waals surface area contributed by atoms with Crippen LogP contribution in [0.3, 0.4) is 0 Å². The van der Waals surface area contributed by atoms with Crippen LogP contribution < -0.4 is 4.74 Å². The maximum Gasteiger partial charge on any atom is 0.122 e. The van der Waals surface area contributed by atoms with Crippen molar-refractivity contribution in [3.63, 3.8) is 0 Å². The molecule has 1 atom stereocenters. The van der Waals surface area contributed by atoms with Crippen LogP contribution in [0, 0.1) is 0 Å². The Labute approximate surface area is 131 Å². The lowest BCUT2D eigenvalue weighted by Crippen LogP contribution is -2.05. The topological polar surface area (TPSA) is 37.9 Å². The van der Waals surface area contributed by atoms with Crippen LogP contribution in [0.25, 0.3) is 11.0 Å². The zero-order chi connectivity index (χ0) is 14.2. The van der Waals surface area contributed by atoms with Crippen molar-refractivity contribution in [1.29, 1.82) is 0 Å². The highest BCUT2D eigenvalue weighted by molar-refractivity contribution is 9.10. The SMILES string of the molecule is Brc1ccc2nc(C3CCOc4ccccc4C3)[nH]c2c1. The molecule has 0 saturated heterocycles. The van der Waals surface area contributed by atoms with Gasteiger partial charge < -0.3 is 9.72 Å². The van der Waals surface area contributed by atoms with Gasteiger partial charge in [0.25, 0.3) is 0 Å². The lowest BCUT2D eigenvalue weighted by molar-refractivity contribution is 0.308. The molecule has 1 aliphatic rings. The smallest absolute Gasteiger partial charge is 0.122 e. The van der Waals surface area contributed by atoms with Gasteiger partial charge >= 0.3 is 0 Å². The fourth-order valence-corrected chi connectivity index (χ4v) is 3.28. The van der Waals surface area contributed by atoms with Crippen LogP contribution in [0.1, 0.15) is 23.7 Å². The van der Waals surface area contributed by atoms with Crippen LogP contribution in [0.15, 0.2) is 46.9 Å². The van der Waals surface area contributed by atoms with Gasteiger partial charge in [-0.2, -0.15) is 0 Å². The molecule has 106 valence electrons. The average Bonchev–Trinajstić information content (AvgIpc) is 2.78. The fourth-order valence-electron chi connectivity index (χ4n) is 2.92. The summed E-state index contributed by atoms with van der Waals surface area (Å²) < 4.78 is 6.91. The van der Waals surface area contributed by atoms with Gasteiger partial charge in [-0.15, -0.1) is 0 Å². The molecular weight excluding hydrogens is 328 g/mol. The van der Waals surface area contributed by atoms with Gasteiger partial charge in [0.1, 0.15) is 11.6 Å². The minimum absolute atomic E-state index is 0.375. The summed E-state index contributed by atoms with van der Waals surface area (Å²) in [5.74, 6) is 2.45. The molecule has 0 saturated carbocycles. The van der Waals surface area contributed by atoms with E-state index in [4.69, 9.17) is 9.72 Å². The molecule has 3 aromatic rings. The highest BCUT2D eigenvalue weighted by Gasteiger charge is 2.21. The van der Waals surface area contributed by atoms with Crippen molar-refractivity contribution < 1.29 is 4.74 Å². The molecule has 0 bridgehead atoms. The first-order valence-corrected chi connectivity index (χ1v) is 7.95. The lowest BCUT2D eigenvalue weighted by atomic mass is 9.96. The zero-order valence-corrected chi connectivity index (χ0v) is 13.1. The second-order valence-corrected chi connectivity index (χ2v) is 6.35. The molecule has 21 heavy (non-hydrogen) atoms. The van der Waals surface area contributed by atoms with E-state index in [1.807, 2.05) is 24.3 Å². The molecule has 1 unspecified atom stereocenters. The minimum atomic E-state index is 0.375. The normalized spacial score (nSPS) is 18.0. The Balaban J connectivity index is 1.71. The summed E-state index contributed by atoms with van der Waals surface area (Å²) in [4.78, 5) is 8.23. The number of nitrogens with one attached hydrogen (secondary N) is 1. The van der Waals surface area contributed by atoms with Crippen LogP contribution in [0.2, 0.25) is 0 Å². The highest BCUT2D eigenvalue weighted by atomic mass is 79.9. The summed E-state index contributed by atoms with van der Waals surface area (Å²) >= 11 is 3.50. The molecule has 1 aliphatic heterocycles. The summed E-state index contributed by atoms with van der Waals surface area (Å²) in [5.41, 5.74) is 3.37. The molecule has 1 aromatic heterocycles. The first kappa shape index (κ1) is 12.9. The van der Waals surface area contributed by atoms with E-state index < -0.39 is 0 Å². The number of hydrogen-bond acceptors (Lipinski definition) is 2. The Morgan fingerprint density at radius 1 is 1.19 bits per heavy atom. The fraction of sp³-hybridized carbons (Fsp3) is 0.235. The monoisotopic (exact) mass is 342 g/mol. The van der Waals surface area contributed by atoms with Crippen LogP contribution in [-0.2, 0) is 6.42 Å². The number of H-pyrrole nitrogens is 1. The van der Waals surface area contributed by atoms with Gasteiger partial charge in [0.05, 0.1) is 17.6 Å². The molecule has 1 N–H and O–H groups in total. The molecule has 0 fully saturated rings. The summed E-state index contributed by atoms with van der Waals surface area (Å²) in [6, 6.07) is 14.4. The van der Waals surface area contributed by atoms with Crippen LogP contribution in [0.4, 0.5) is 0 Å². The number of hydrogen-bond donors (Lipinski definition) is 1. The van der Waals surface area contributed by atoms with Gasteiger partial charge in [-0.1, -0.05) is 34.1 Å². The second kappa shape index (κ2) is 5.19. The van der Waals surface area contributed by atoms with E-state index in [1.54, 1.807) is 0 Å². The number of para-hydroxylation sites is 1. The molecule has 3 nitrogen and oxygen atoms in total. The van der Waals surface area contributed by atoms with Crippen LogP contribution in [-0.4, -0.2) is 16.6 Å². The molecular formula is C17H15BrN2O. The van der Waals surface area contributed by atoms with E-state index in [-0.39, 0.29) is 0 Å². The molecule has 2 heterocycles. The molecule has 0 radical (unpaired) electrons. The Bertz CT molecular complexity index is 796. The predicted molar refractivity (Wildman–Crippen MR) is 86.8 cm³/mol. The first-order valence-electron chi connectivity index (χ1n) is 7.15. The summed E-state index contributed by atoms with van der Waals surface area (Å²) in [5, 5.41) is 0. The summed E-state index contributed by atoms with van der Waals surface area (Å²) in [7, 11) is 0. The van der Waals surface area contributed by atoms with Crippen molar-refractivity contribution in [3.8, 4) is 5.75 Å². The van der Waals surface area contributed by atoms with Gasteiger partial charge in [-0.3, -0.25) is 0 Å². The molecule has 0 amide bonds. The molecule has 4 heteroatoms. The van der Waals surface area contributed by atoms with Gasteiger partial charge in [0.15, 0.2) is 0 Å². The maximum absolute atomic E-state index is 5.84. The predicted octanol–water partition coefficient (Wildman–Crippen LogP) is 4.43. The Kier molecular flexibility index (Phi) is 3.19. The van der Waals surface area contributed by atoms with Crippen LogP contribution >= 0.6 is 15.9 Å². The quantitative estimate of drug-likeness (QED) is 0.710. The van der Waals surface area contributed by atoms with E-state index in [2.05, 4.69) is 39.1 Å². The molecule has 4 rings (SSSR count). The number of nitrogens with zero attached hydrogens (tertiary/aromatic N) is 1. The van der Waals surface area contributed by atoms with E-state index in [0.717, 1.165) is 46.5 Å². The van der Waals surface area contributed by atoms with Crippen molar-refractivity contribution in [2.24, 2.45) is 0 Å². The number of aromatic amines is 1. The van der Waals surface area contributed by atoms with Crippen molar-refractivity contribution in [2.45, 2.75) is 18.8 Å². The number of imidazole rings is 1. The Morgan fingerprint density at radius 3 is 3.05 bits per heavy atom. The first-order chi connectivity index (χ1) is 10.3. The van der Waals surface area contributed by atoms with Crippen LogP contribution in [0.5, 0.6) is 5.75 Å². The number of halogens is 1. The van der Waals surface area contributed by atoms with E-state index in [0.29, 0.717) is 5.92 Å². The standard InChI is InChI=1S/C17H15BrN2O/c18-13-5-6-14-15(10-13)20-17(19-14)12-7-8-21-16-4-2-1-3-11(16)9-12/h1-6,10,12H,7-9H2,(H,19,20). The van der Waals surface area contributed by atoms with Crippen molar-refractivity contribution in [3.05, 3.63) is 58.3 Å². The van der Waals surface area contributed by atoms with Gasteiger partial charge in [-0.05, 0) is 42.7 Å². The summed E-state index contributed by atoms with van der Waals surface area (Å²) in [6.45, 7) is 0.739. The number of ether oxygens (including phenoxy) is 1. The third-order valence-electron chi connectivity index (χ3n) is 4.01. The number of aromatic nitrogens is 2. The number of fused-ring (bicyclic) bond motifs is 2. The van der Waals surface area contributed by atoms with Crippen molar-refractivity contribution in [1.82, 2.24) is 9.97 Å². The van der Waals surface area contributed by atoms with Gasteiger partial charge in [0.2, 0.25) is 0 Å². The minimum Gasteiger partial charge on any atom is -0.493 e. The van der Waals surface area contributed by atoms with Crippen molar-refractivity contribution in [2.75, 3.05) is 6.61 Å². The van der Waals surface area contributed by atoms with Gasteiger partial charge in [-0.25, -0.2) is 4.98 Å². The van der Waals surface area contributed by atoms with Gasteiger partial charge in [0, 0.05) is 10.4 Å². The highest BCUT2D eigenvalue weighted by Crippen LogP contribution is 2.32. The Morgan fingerprint density at radius 2 is 2.10 bits per heavy atom. The molecule has 0 spiro atoms. The average molecular weight is 343 g/mol. The second-order valence-electron chi connectivity index (χ2n) is 5.43. The zero-order valence-electron chi connectivity index (χ0n) is 11.5. The maximum atomic E-state index is 5.84. The molecule has 2 aromatic carbocycles. The van der Waals surface area contributed by atoms with E-state index in [1.165, 1.54) is 5.56 Å². The van der Waals surface area contributed by atoms with Crippen molar-refractivity contribution >= 4 is 27.0 Å². The largest absolute Gasteiger partial charge is 0.493 e. The third kappa shape index (κ3) is 2.44. The Hall–Kier alpha value is -1.81. The van der Waals surface area contributed by atoms with E-state index >= 15 is 0 Å². The lowest BCUT2D eigenvalue weighted by Gasteiger charge is -2.10.